The summed E-state index contributed by atoms with van der Waals surface area (Å²) in [6, 6.07) is 15.9. The number of nitrogens with one attached hydrogen (secondary N) is 3. The number of benzene rings is 2. The van der Waals surface area contributed by atoms with Gasteiger partial charge in [-0.05, 0) is 50.5 Å². The van der Waals surface area contributed by atoms with Crippen molar-refractivity contribution in [2.24, 2.45) is 0 Å². The molecule has 0 saturated heterocycles. The van der Waals surface area contributed by atoms with Crippen LogP contribution in [0.5, 0.6) is 0 Å². The van der Waals surface area contributed by atoms with E-state index in [4.69, 9.17) is 4.98 Å². The highest BCUT2D eigenvalue weighted by Gasteiger charge is 2.23. The number of amides is 1. The fraction of sp³-hybridized carbons (Fsp3) is 0.240. The minimum Gasteiger partial charge on any atom is -0.378 e. The number of carbonyl (C=O) groups is 1. The lowest BCUT2D eigenvalue weighted by molar-refractivity contribution is 0.0951. The van der Waals surface area contributed by atoms with Crippen LogP contribution in [0.4, 0.5) is 5.69 Å². The van der Waals surface area contributed by atoms with Crippen LogP contribution in [-0.2, 0) is 6.54 Å². The first-order chi connectivity index (χ1) is 15.5. The Kier molecular flexibility index (Phi) is 5.27. The van der Waals surface area contributed by atoms with Gasteiger partial charge in [-0.3, -0.25) is 9.59 Å². The molecule has 0 bridgehead atoms. The van der Waals surface area contributed by atoms with Crippen molar-refractivity contribution in [3.05, 3.63) is 80.7 Å². The maximum Gasteiger partial charge on any atom is 0.260 e. The fourth-order valence-corrected chi connectivity index (χ4v) is 4.83. The van der Waals surface area contributed by atoms with Gasteiger partial charge < -0.3 is 15.6 Å². The van der Waals surface area contributed by atoms with Crippen LogP contribution in [0.3, 0.4) is 0 Å². The van der Waals surface area contributed by atoms with Gasteiger partial charge in [-0.15, -0.1) is 11.3 Å². The minimum atomic E-state index is -0.135. The van der Waals surface area contributed by atoms with Gasteiger partial charge in [-0.25, -0.2) is 4.98 Å². The lowest BCUT2D eigenvalue weighted by atomic mass is 10.0. The molecular weight excluding hydrogens is 420 g/mol. The summed E-state index contributed by atoms with van der Waals surface area (Å²) in [7, 11) is 0. The van der Waals surface area contributed by atoms with E-state index in [1.54, 1.807) is 6.07 Å². The molecular formula is C25H24N4O2S. The summed E-state index contributed by atoms with van der Waals surface area (Å²) in [4.78, 5) is 34.7. The number of aromatic amines is 1. The van der Waals surface area contributed by atoms with Crippen molar-refractivity contribution >= 4 is 33.1 Å². The van der Waals surface area contributed by atoms with E-state index in [-0.39, 0.29) is 11.5 Å². The molecule has 0 spiro atoms. The van der Waals surface area contributed by atoms with Gasteiger partial charge >= 0.3 is 0 Å². The van der Waals surface area contributed by atoms with E-state index in [9.17, 15) is 9.59 Å². The molecule has 2 heterocycles. The molecule has 1 aliphatic carbocycles. The van der Waals surface area contributed by atoms with Gasteiger partial charge in [0.05, 0.1) is 11.9 Å². The van der Waals surface area contributed by atoms with Crippen LogP contribution in [0.25, 0.3) is 21.3 Å². The van der Waals surface area contributed by atoms with Gasteiger partial charge in [0.2, 0.25) is 0 Å². The smallest absolute Gasteiger partial charge is 0.260 e. The highest BCUT2D eigenvalue weighted by atomic mass is 32.1. The number of fused-ring (bicyclic) bond motifs is 1. The summed E-state index contributed by atoms with van der Waals surface area (Å²) >= 11 is 1.53. The quantitative estimate of drug-likeness (QED) is 0.400. The topological polar surface area (TPSA) is 86.9 Å². The van der Waals surface area contributed by atoms with Crippen molar-refractivity contribution in [1.29, 1.82) is 0 Å². The molecule has 0 radical (unpaired) electrons. The summed E-state index contributed by atoms with van der Waals surface area (Å²) in [5.74, 6) is 0.508. The van der Waals surface area contributed by atoms with E-state index in [1.165, 1.54) is 16.9 Å². The van der Waals surface area contributed by atoms with Crippen molar-refractivity contribution in [3.8, 4) is 11.1 Å². The average molecular weight is 445 g/mol. The molecule has 5 rings (SSSR count). The van der Waals surface area contributed by atoms with Crippen LogP contribution in [0, 0.1) is 13.8 Å². The number of rotatable bonds is 6. The van der Waals surface area contributed by atoms with E-state index in [0.717, 1.165) is 39.4 Å². The SMILES string of the molecule is Cc1ccc(-c2c(C)sc3nc(CNc4cccc(C(=O)NC5CC5)c4)[nH]c(=O)c23)cc1. The molecule has 1 saturated carbocycles. The largest absolute Gasteiger partial charge is 0.378 e. The first-order valence-electron chi connectivity index (χ1n) is 10.7. The third kappa shape index (κ3) is 4.16. The second-order valence-corrected chi connectivity index (χ2v) is 9.48. The van der Waals surface area contributed by atoms with Gasteiger partial charge in [-0.2, -0.15) is 0 Å². The van der Waals surface area contributed by atoms with Crippen molar-refractivity contribution < 1.29 is 4.79 Å². The average Bonchev–Trinajstić information content (AvgIpc) is 3.53. The Bertz CT molecular complexity index is 1370. The van der Waals surface area contributed by atoms with Crippen LogP contribution in [0.1, 0.15) is 39.5 Å². The molecule has 3 N–H and O–H groups in total. The Balaban J connectivity index is 1.38. The number of carbonyl (C=O) groups excluding carboxylic acids is 1. The first kappa shape index (κ1) is 20.5. The zero-order chi connectivity index (χ0) is 22.2. The van der Waals surface area contributed by atoms with Gasteiger partial charge in [0.15, 0.2) is 0 Å². The number of H-pyrrole nitrogens is 1. The Hall–Kier alpha value is -3.45. The third-order valence-electron chi connectivity index (χ3n) is 5.62. The van der Waals surface area contributed by atoms with E-state index < -0.39 is 0 Å². The second-order valence-electron chi connectivity index (χ2n) is 8.27. The molecule has 2 aromatic heterocycles. The van der Waals surface area contributed by atoms with Crippen LogP contribution >= 0.6 is 11.3 Å². The summed E-state index contributed by atoms with van der Waals surface area (Å²) in [5, 5.41) is 6.90. The van der Waals surface area contributed by atoms with Crippen LogP contribution in [-0.4, -0.2) is 21.9 Å². The highest BCUT2D eigenvalue weighted by molar-refractivity contribution is 7.19. The lowest BCUT2D eigenvalue weighted by Gasteiger charge is -2.09. The second kappa shape index (κ2) is 8.24. The number of thiophene rings is 1. The number of anilines is 1. The summed E-state index contributed by atoms with van der Waals surface area (Å²) in [6.07, 6.45) is 2.11. The maximum atomic E-state index is 13.0. The molecule has 1 fully saturated rings. The zero-order valence-corrected chi connectivity index (χ0v) is 18.8. The van der Waals surface area contributed by atoms with E-state index in [2.05, 4.69) is 27.8 Å². The molecule has 32 heavy (non-hydrogen) atoms. The monoisotopic (exact) mass is 444 g/mol. The molecule has 1 aliphatic rings. The molecule has 0 atom stereocenters. The molecule has 2 aromatic carbocycles. The zero-order valence-electron chi connectivity index (χ0n) is 18.0. The highest BCUT2D eigenvalue weighted by Crippen LogP contribution is 2.35. The van der Waals surface area contributed by atoms with E-state index in [0.29, 0.717) is 29.4 Å². The number of nitrogens with zero attached hydrogens (tertiary/aromatic N) is 1. The standard InChI is InChI=1S/C25H24N4O2S/c1-14-6-8-16(9-7-14)21-15(2)32-25-22(21)24(31)28-20(29-25)13-26-19-5-3-4-17(12-19)23(30)27-18-10-11-18/h3-9,12,18,26H,10-11,13H2,1-2H3,(H,27,30)(H,28,29,31). The molecule has 6 nitrogen and oxygen atoms in total. The summed E-state index contributed by atoms with van der Waals surface area (Å²) < 4.78 is 0. The summed E-state index contributed by atoms with van der Waals surface area (Å²) in [5.41, 5.74) is 4.45. The Morgan fingerprint density at radius 3 is 2.69 bits per heavy atom. The Morgan fingerprint density at radius 2 is 1.94 bits per heavy atom. The predicted molar refractivity (Wildman–Crippen MR) is 129 cm³/mol. The van der Waals surface area contributed by atoms with Crippen LogP contribution in [0.15, 0.2) is 53.3 Å². The predicted octanol–water partition coefficient (Wildman–Crippen LogP) is 4.77. The number of hydrogen-bond donors (Lipinski definition) is 3. The number of aryl methyl sites for hydroxylation is 2. The molecule has 162 valence electrons. The van der Waals surface area contributed by atoms with Crippen molar-refractivity contribution in [2.45, 2.75) is 39.3 Å². The molecule has 1 amide bonds. The maximum absolute atomic E-state index is 13.0. The lowest BCUT2D eigenvalue weighted by Crippen LogP contribution is -2.25. The normalized spacial score (nSPS) is 13.3. The van der Waals surface area contributed by atoms with Crippen LogP contribution < -0.4 is 16.2 Å². The van der Waals surface area contributed by atoms with Crippen molar-refractivity contribution in [1.82, 2.24) is 15.3 Å². The van der Waals surface area contributed by atoms with Crippen LogP contribution in [0.2, 0.25) is 0 Å². The van der Waals surface area contributed by atoms with Gasteiger partial charge in [0, 0.05) is 27.7 Å². The molecule has 4 aromatic rings. The molecule has 0 aliphatic heterocycles. The van der Waals surface area contributed by atoms with E-state index >= 15 is 0 Å². The Morgan fingerprint density at radius 1 is 1.16 bits per heavy atom. The van der Waals surface area contributed by atoms with E-state index in [1.807, 2.05) is 44.2 Å². The number of hydrogen-bond acceptors (Lipinski definition) is 5. The molecule has 7 heteroatoms. The third-order valence-corrected chi connectivity index (χ3v) is 6.62. The van der Waals surface area contributed by atoms with Gasteiger partial charge in [0.1, 0.15) is 10.7 Å². The van der Waals surface area contributed by atoms with Gasteiger partial charge in [0.25, 0.3) is 11.5 Å². The van der Waals surface area contributed by atoms with Gasteiger partial charge in [-0.1, -0.05) is 35.9 Å². The van der Waals surface area contributed by atoms with Crippen molar-refractivity contribution in [2.75, 3.05) is 5.32 Å². The van der Waals surface area contributed by atoms with Crippen molar-refractivity contribution in [3.63, 3.8) is 0 Å². The summed E-state index contributed by atoms with van der Waals surface area (Å²) in [6.45, 7) is 4.43. The minimum absolute atomic E-state index is 0.0539. The molecule has 0 unspecified atom stereocenters. The Labute approximate surface area is 189 Å². The first-order valence-corrected chi connectivity index (χ1v) is 11.5. The fourth-order valence-electron chi connectivity index (χ4n) is 3.77. The number of aromatic nitrogens is 2.